The smallest absolute Gasteiger partial charge is 0.304 e. The van der Waals surface area contributed by atoms with Gasteiger partial charge in [0.15, 0.2) is 8.32 Å². The van der Waals surface area contributed by atoms with Crippen molar-refractivity contribution in [3.8, 4) is 0 Å². The Morgan fingerprint density at radius 3 is 2.10 bits per heavy atom. The summed E-state index contributed by atoms with van der Waals surface area (Å²) in [4.78, 5) is 10.3. The second-order valence-electron chi connectivity index (χ2n) is 6.08. The summed E-state index contributed by atoms with van der Waals surface area (Å²) >= 11 is 0. The summed E-state index contributed by atoms with van der Waals surface area (Å²) in [6.07, 6.45) is 9.22. The van der Waals surface area contributed by atoms with Gasteiger partial charge in [-0.15, -0.1) is 0 Å². The molecule has 0 aliphatic heterocycles. The van der Waals surface area contributed by atoms with Gasteiger partial charge in [0.1, 0.15) is 0 Å². The summed E-state index contributed by atoms with van der Waals surface area (Å²) in [5.41, 5.74) is 0. The van der Waals surface area contributed by atoms with Crippen molar-refractivity contribution >= 4 is 14.3 Å². The molecule has 0 rings (SSSR count). The lowest BCUT2D eigenvalue weighted by Crippen LogP contribution is -2.27. The van der Waals surface area contributed by atoms with Crippen LogP contribution in [0.5, 0.6) is 0 Å². The fraction of sp³-hybridized carbons (Fsp3) is 0.933. The molecule has 0 amide bonds. The van der Waals surface area contributed by atoms with Crippen molar-refractivity contribution in [2.75, 3.05) is 20.2 Å². The molecule has 0 saturated carbocycles. The molecule has 0 saturated heterocycles. The zero-order valence-electron chi connectivity index (χ0n) is 13.5. The standard InChI is InChI=1S/C15H33NO3Si/c1-19-20(2,3)14-10-8-6-4-5-7-9-12-16-13-11-15(17)18/h16H,4-14H2,1-3H3,(H,17,18). The number of hydrogen-bond acceptors (Lipinski definition) is 3. The van der Waals surface area contributed by atoms with Crippen LogP contribution >= 0.6 is 0 Å². The van der Waals surface area contributed by atoms with E-state index < -0.39 is 14.3 Å². The highest BCUT2D eigenvalue weighted by Gasteiger charge is 2.18. The molecule has 2 N–H and O–H groups in total. The first kappa shape index (κ1) is 19.6. The number of nitrogens with one attached hydrogen (secondary N) is 1. The fourth-order valence-corrected chi connectivity index (χ4v) is 3.41. The minimum Gasteiger partial charge on any atom is -0.481 e. The highest BCUT2D eigenvalue weighted by molar-refractivity contribution is 6.71. The Morgan fingerprint density at radius 2 is 1.55 bits per heavy atom. The van der Waals surface area contributed by atoms with Gasteiger partial charge in [-0.1, -0.05) is 38.5 Å². The molecule has 0 bridgehead atoms. The minimum atomic E-state index is -1.33. The van der Waals surface area contributed by atoms with Gasteiger partial charge in [0.2, 0.25) is 0 Å². The molecule has 4 nitrogen and oxygen atoms in total. The molecule has 0 aliphatic rings. The van der Waals surface area contributed by atoms with Crippen LogP contribution in [0.15, 0.2) is 0 Å². The quantitative estimate of drug-likeness (QED) is 0.380. The number of unbranched alkanes of at least 4 members (excludes halogenated alkanes) is 6. The summed E-state index contributed by atoms with van der Waals surface area (Å²) in [7, 11) is 0.514. The zero-order valence-corrected chi connectivity index (χ0v) is 14.5. The number of carboxylic acid groups (broad SMARTS) is 1. The summed E-state index contributed by atoms with van der Waals surface area (Å²) in [5.74, 6) is -0.725. The third-order valence-electron chi connectivity index (χ3n) is 3.70. The predicted octanol–water partition coefficient (Wildman–Crippen LogP) is 3.63. The molecule has 5 heteroatoms. The molecule has 0 spiro atoms. The van der Waals surface area contributed by atoms with E-state index in [0.29, 0.717) is 6.54 Å². The lowest BCUT2D eigenvalue weighted by atomic mass is 10.1. The predicted molar refractivity (Wildman–Crippen MR) is 86.7 cm³/mol. The third kappa shape index (κ3) is 14.0. The van der Waals surface area contributed by atoms with E-state index in [1.165, 1.54) is 44.6 Å². The van der Waals surface area contributed by atoms with Crippen molar-refractivity contribution in [3.63, 3.8) is 0 Å². The van der Waals surface area contributed by atoms with Gasteiger partial charge in [-0.2, -0.15) is 0 Å². The van der Waals surface area contributed by atoms with Gasteiger partial charge in [-0.3, -0.25) is 4.79 Å². The number of carbonyl (C=O) groups is 1. The maximum atomic E-state index is 10.3. The van der Waals surface area contributed by atoms with E-state index in [1.54, 1.807) is 0 Å². The molecule has 120 valence electrons. The van der Waals surface area contributed by atoms with Crippen molar-refractivity contribution in [2.45, 2.75) is 70.5 Å². The Balaban J connectivity index is 3.12. The van der Waals surface area contributed by atoms with Crippen molar-refractivity contribution in [2.24, 2.45) is 0 Å². The first-order chi connectivity index (χ1) is 9.48. The van der Waals surface area contributed by atoms with Gasteiger partial charge >= 0.3 is 5.97 Å². The van der Waals surface area contributed by atoms with Crippen LogP contribution in [0, 0.1) is 0 Å². The molecule has 0 aromatic heterocycles. The van der Waals surface area contributed by atoms with Crippen LogP contribution in [-0.4, -0.2) is 39.6 Å². The average Bonchev–Trinajstić information content (AvgIpc) is 2.39. The number of aliphatic carboxylic acids is 1. The van der Waals surface area contributed by atoms with E-state index in [9.17, 15) is 4.79 Å². The van der Waals surface area contributed by atoms with Crippen LogP contribution in [0.25, 0.3) is 0 Å². The number of hydrogen-bond donors (Lipinski definition) is 2. The van der Waals surface area contributed by atoms with Crippen molar-refractivity contribution in [1.29, 1.82) is 0 Å². The molecule has 0 heterocycles. The van der Waals surface area contributed by atoms with E-state index in [1.807, 2.05) is 7.11 Å². The van der Waals surface area contributed by atoms with Gasteiger partial charge in [0, 0.05) is 13.7 Å². The summed E-state index contributed by atoms with van der Waals surface area (Å²) in [5, 5.41) is 11.6. The van der Waals surface area contributed by atoms with Crippen LogP contribution in [0.2, 0.25) is 19.1 Å². The molecule has 0 unspecified atom stereocenters. The van der Waals surface area contributed by atoms with Crippen LogP contribution in [-0.2, 0) is 9.22 Å². The monoisotopic (exact) mass is 303 g/mol. The van der Waals surface area contributed by atoms with Gasteiger partial charge in [0.25, 0.3) is 0 Å². The normalized spacial score (nSPS) is 11.8. The maximum absolute atomic E-state index is 10.3. The lowest BCUT2D eigenvalue weighted by molar-refractivity contribution is -0.136. The van der Waals surface area contributed by atoms with E-state index in [0.717, 1.165) is 13.0 Å². The van der Waals surface area contributed by atoms with E-state index in [4.69, 9.17) is 9.53 Å². The third-order valence-corrected chi connectivity index (χ3v) is 6.36. The summed E-state index contributed by atoms with van der Waals surface area (Å²) in [6, 6.07) is 1.27. The largest absolute Gasteiger partial charge is 0.481 e. The van der Waals surface area contributed by atoms with Crippen molar-refractivity contribution in [1.82, 2.24) is 5.32 Å². The Labute approximate surface area is 125 Å². The van der Waals surface area contributed by atoms with Gasteiger partial charge in [-0.25, -0.2) is 0 Å². The summed E-state index contributed by atoms with van der Waals surface area (Å²) < 4.78 is 5.54. The molecular formula is C15H33NO3Si. The van der Waals surface area contributed by atoms with Crippen LogP contribution in [0.3, 0.4) is 0 Å². The Kier molecular flexibility index (Phi) is 12.1. The molecule has 0 radical (unpaired) electrons. The fourth-order valence-electron chi connectivity index (χ4n) is 2.11. The SMILES string of the molecule is CO[Si](C)(C)CCCCCCCCCNCCC(=O)O. The molecule has 0 fully saturated rings. The van der Waals surface area contributed by atoms with Crippen molar-refractivity contribution in [3.05, 3.63) is 0 Å². The Hall–Kier alpha value is -0.393. The molecule has 20 heavy (non-hydrogen) atoms. The van der Waals surface area contributed by atoms with E-state index in [-0.39, 0.29) is 6.42 Å². The highest BCUT2D eigenvalue weighted by atomic mass is 28.4. The molecule has 0 aliphatic carbocycles. The van der Waals surface area contributed by atoms with Crippen molar-refractivity contribution < 1.29 is 14.3 Å². The lowest BCUT2D eigenvalue weighted by Gasteiger charge is -2.19. The number of carboxylic acids is 1. The zero-order chi connectivity index (χ0) is 15.3. The maximum Gasteiger partial charge on any atom is 0.304 e. The molecule has 0 atom stereocenters. The van der Waals surface area contributed by atoms with Crippen LogP contribution < -0.4 is 5.32 Å². The van der Waals surface area contributed by atoms with Crippen LogP contribution in [0.1, 0.15) is 51.4 Å². The molecular weight excluding hydrogens is 270 g/mol. The second-order valence-corrected chi connectivity index (χ2v) is 10.5. The topological polar surface area (TPSA) is 58.6 Å². The second kappa shape index (κ2) is 12.4. The van der Waals surface area contributed by atoms with Gasteiger partial charge < -0.3 is 14.8 Å². The molecule has 0 aromatic carbocycles. The van der Waals surface area contributed by atoms with Crippen LogP contribution in [0.4, 0.5) is 0 Å². The molecule has 0 aromatic rings. The minimum absolute atomic E-state index is 0.223. The Morgan fingerprint density at radius 1 is 1.00 bits per heavy atom. The first-order valence-corrected chi connectivity index (χ1v) is 11.1. The highest BCUT2D eigenvalue weighted by Crippen LogP contribution is 2.16. The van der Waals surface area contributed by atoms with Gasteiger partial charge in [-0.05, 0) is 32.1 Å². The Bertz CT molecular complexity index is 247. The summed E-state index contributed by atoms with van der Waals surface area (Å²) in [6.45, 7) is 6.10. The number of rotatable bonds is 14. The van der Waals surface area contributed by atoms with Gasteiger partial charge in [0.05, 0.1) is 6.42 Å². The van der Waals surface area contributed by atoms with E-state index in [2.05, 4.69) is 18.4 Å². The average molecular weight is 304 g/mol. The van der Waals surface area contributed by atoms with E-state index >= 15 is 0 Å². The first-order valence-electron chi connectivity index (χ1n) is 7.95.